The van der Waals surface area contributed by atoms with Crippen LogP contribution in [0.2, 0.25) is 0 Å². The lowest BCUT2D eigenvalue weighted by atomic mass is 9.89. The molecule has 1 saturated carbocycles. The van der Waals surface area contributed by atoms with Gasteiger partial charge in [-0.2, -0.15) is 0 Å². The van der Waals surface area contributed by atoms with Crippen LogP contribution in [0.4, 0.5) is 0 Å². The third-order valence-electron chi connectivity index (χ3n) is 3.88. The van der Waals surface area contributed by atoms with E-state index in [2.05, 4.69) is 5.32 Å². The van der Waals surface area contributed by atoms with Gasteiger partial charge in [-0.05, 0) is 30.9 Å². The molecule has 0 bridgehead atoms. The van der Waals surface area contributed by atoms with Gasteiger partial charge in [0.05, 0.1) is 0 Å². The highest BCUT2D eigenvalue weighted by molar-refractivity contribution is 5.98. The van der Waals surface area contributed by atoms with E-state index >= 15 is 0 Å². The van der Waals surface area contributed by atoms with Crippen LogP contribution < -0.4 is 5.32 Å². The quantitative estimate of drug-likeness (QED) is 0.839. The molecule has 0 heterocycles. The Hall–Kier alpha value is -1.97. The molecule has 106 valence electrons. The Bertz CT molecular complexity index is 504. The fourth-order valence-electron chi connectivity index (χ4n) is 2.66. The van der Waals surface area contributed by atoms with Gasteiger partial charge in [0.2, 0.25) is 0 Å². The van der Waals surface area contributed by atoms with E-state index in [1.165, 1.54) is 44.2 Å². The first-order chi connectivity index (χ1) is 9.74. The molecule has 1 aromatic carbocycles. The van der Waals surface area contributed by atoms with Crippen LogP contribution in [0.3, 0.4) is 0 Å². The molecular formula is C16H19NO3. The van der Waals surface area contributed by atoms with Crippen LogP contribution in [0.1, 0.15) is 63.2 Å². The molecule has 4 nitrogen and oxygen atoms in total. The molecule has 0 unspecified atom stereocenters. The molecular weight excluding hydrogens is 254 g/mol. The average molecular weight is 273 g/mol. The smallest absolute Gasteiger partial charge is 0.251 e. The normalized spacial score (nSPS) is 15.6. The maximum atomic E-state index is 12.0. The van der Waals surface area contributed by atoms with Crippen molar-refractivity contribution in [1.29, 1.82) is 0 Å². The molecule has 1 amide bonds. The van der Waals surface area contributed by atoms with Gasteiger partial charge < -0.3 is 5.32 Å². The van der Waals surface area contributed by atoms with Gasteiger partial charge in [0.1, 0.15) is 0 Å². The number of rotatable bonds is 5. The van der Waals surface area contributed by atoms with Gasteiger partial charge in [-0.3, -0.25) is 14.4 Å². The summed E-state index contributed by atoms with van der Waals surface area (Å²) in [5, 5.41) is 2.91. The first-order valence-corrected chi connectivity index (χ1v) is 7.07. The summed E-state index contributed by atoms with van der Waals surface area (Å²) in [5.41, 5.74) is 0.989. The third-order valence-corrected chi connectivity index (χ3v) is 3.88. The van der Waals surface area contributed by atoms with Crippen molar-refractivity contribution >= 4 is 18.5 Å². The van der Waals surface area contributed by atoms with E-state index in [0.29, 0.717) is 36.2 Å². The van der Waals surface area contributed by atoms with Crippen molar-refractivity contribution in [3.8, 4) is 0 Å². The standard InChI is InChI=1S/C16H19NO3/c18-10-14-7-6-13(8-15(14)11-19)16(20)17-9-12-4-2-1-3-5-12/h6-8,10-12H,1-5,9H2,(H,17,20). The molecule has 0 radical (unpaired) electrons. The third kappa shape index (κ3) is 3.53. The highest BCUT2D eigenvalue weighted by atomic mass is 16.1. The van der Waals surface area contributed by atoms with E-state index in [9.17, 15) is 14.4 Å². The van der Waals surface area contributed by atoms with Crippen LogP contribution in [0.5, 0.6) is 0 Å². The molecule has 0 aliphatic heterocycles. The molecule has 2 rings (SSSR count). The van der Waals surface area contributed by atoms with Crippen LogP contribution in [-0.2, 0) is 0 Å². The molecule has 1 fully saturated rings. The Balaban J connectivity index is 1.97. The number of hydrogen-bond donors (Lipinski definition) is 1. The van der Waals surface area contributed by atoms with Gasteiger partial charge in [-0.1, -0.05) is 25.3 Å². The summed E-state index contributed by atoms with van der Waals surface area (Å²) in [6.07, 6.45) is 7.33. The van der Waals surface area contributed by atoms with E-state index in [4.69, 9.17) is 0 Å². The minimum atomic E-state index is -0.184. The van der Waals surface area contributed by atoms with Gasteiger partial charge in [0.15, 0.2) is 12.6 Å². The van der Waals surface area contributed by atoms with E-state index in [1.807, 2.05) is 0 Å². The zero-order valence-corrected chi connectivity index (χ0v) is 11.4. The van der Waals surface area contributed by atoms with E-state index in [1.54, 1.807) is 6.07 Å². The number of carbonyl (C=O) groups excluding carboxylic acids is 3. The first-order valence-electron chi connectivity index (χ1n) is 7.07. The summed E-state index contributed by atoms with van der Waals surface area (Å²) in [6, 6.07) is 4.55. The summed E-state index contributed by atoms with van der Waals surface area (Å²) in [7, 11) is 0. The molecule has 1 aromatic rings. The van der Waals surface area contributed by atoms with Crippen LogP contribution in [-0.4, -0.2) is 25.0 Å². The topological polar surface area (TPSA) is 63.2 Å². The number of carbonyl (C=O) groups is 3. The fourth-order valence-corrected chi connectivity index (χ4v) is 2.66. The van der Waals surface area contributed by atoms with E-state index in [0.717, 1.165) is 0 Å². The molecule has 0 atom stereocenters. The van der Waals surface area contributed by atoms with Crippen LogP contribution >= 0.6 is 0 Å². The van der Waals surface area contributed by atoms with Crippen molar-refractivity contribution in [2.24, 2.45) is 5.92 Å². The monoisotopic (exact) mass is 273 g/mol. The highest BCUT2D eigenvalue weighted by Gasteiger charge is 2.15. The van der Waals surface area contributed by atoms with E-state index in [-0.39, 0.29) is 11.5 Å². The van der Waals surface area contributed by atoms with Crippen molar-refractivity contribution in [3.05, 3.63) is 34.9 Å². The summed E-state index contributed by atoms with van der Waals surface area (Å²) >= 11 is 0. The predicted octanol–water partition coefficient (Wildman–Crippen LogP) is 2.62. The zero-order chi connectivity index (χ0) is 14.4. The zero-order valence-electron chi connectivity index (χ0n) is 11.4. The average Bonchev–Trinajstić information content (AvgIpc) is 2.52. The number of amides is 1. The van der Waals surface area contributed by atoms with Crippen LogP contribution in [0.25, 0.3) is 0 Å². The van der Waals surface area contributed by atoms with Crippen LogP contribution in [0, 0.1) is 5.92 Å². The minimum absolute atomic E-state index is 0.184. The number of nitrogens with one attached hydrogen (secondary N) is 1. The maximum Gasteiger partial charge on any atom is 0.251 e. The summed E-state index contributed by atoms with van der Waals surface area (Å²) in [6.45, 7) is 0.685. The Morgan fingerprint density at radius 2 is 1.80 bits per heavy atom. The molecule has 20 heavy (non-hydrogen) atoms. The predicted molar refractivity (Wildman–Crippen MR) is 76.1 cm³/mol. The second-order valence-electron chi connectivity index (χ2n) is 5.29. The maximum absolute atomic E-state index is 12.0. The van der Waals surface area contributed by atoms with Crippen molar-refractivity contribution in [1.82, 2.24) is 5.32 Å². The lowest BCUT2D eigenvalue weighted by molar-refractivity contribution is 0.0943. The summed E-state index contributed by atoms with van der Waals surface area (Å²) < 4.78 is 0. The molecule has 1 aliphatic carbocycles. The molecule has 4 heteroatoms. The number of benzene rings is 1. The number of hydrogen-bond acceptors (Lipinski definition) is 3. The Morgan fingerprint density at radius 3 is 2.45 bits per heavy atom. The lowest BCUT2D eigenvalue weighted by Gasteiger charge is -2.21. The van der Waals surface area contributed by atoms with Crippen LogP contribution in [0.15, 0.2) is 18.2 Å². The van der Waals surface area contributed by atoms with E-state index < -0.39 is 0 Å². The van der Waals surface area contributed by atoms with Gasteiger partial charge in [0, 0.05) is 23.2 Å². The highest BCUT2D eigenvalue weighted by Crippen LogP contribution is 2.22. The SMILES string of the molecule is O=Cc1ccc(C(=O)NCC2CCCCC2)cc1C=O. The molecule has 1 aliphatic rings. The van der Waals surface area contributed by atoms with Crippen molar-refractivity contribution in [2.45, 2.75) is 32.1 Å². The lowest BCUT2D eigenvalue weighted by Crippen LogP contribution is -2.30. The fraction of sp³-hybridized carbons (Fsp3) is 0.438. The van der Waals surface area contributed by atoms with Gasteiger partial charge >= 0.3 is 0 Å². The molecule has 1 N–H and O–H groups in total. The largest absolute Gasteiger partial charge is 0.352 e. The second-order valence-corrected chi connectivity index (χ2v) is 5.29. The van der Waals surface area contributed by atoms with Crippen molar-refractivity contribution < 1.29 is 14.4 Å². The number of aldehydes is 2. The molecule has 0 spiro atoms. The Kier molecular flexibility index (Phi) is 5.04. The van der Waals surface area contributed by atoms with Crippen molar-refractivity contribution in [3.63, 3.8) is 0 Å². The second kappa shape index (κ2) is 6.98. The summed E-state index contributed by atoms with van der Waals surface area (Å²) in [5.74, 6) is 0.378. The Labute approximate surface area is 118 Å². The molecule has 0 saturated heterocycles. The minimum Gasteiger partial charge on any atom is -0.352 e. The van der Waals surface area contributed by atoms with Gasteiger partial charge in [-0.15, -0.1) is 0 Å². The Morgan fingerprint density at radius 1 is 1.10 bits per heavy atom. The summed E-state index contributed by atoms with van der Waals surface area (Å²) in [4.78, 5) is 33.7. The van der Waals surface area contributed by atoms with Gasteiger partial charge in [-0.25, -0.2) is 0 Å². The first kappa shape index (κ1) is 14.4. The molecule has 0 aromatic heterocycles. The van der Waals surface area contributed by atoms with Crippen molar-refractivity contribution in [2.75, 3.05) is 6.54 Å². The van der Waals surface area contributed by atoms with Gasteiger partial charge in [0.25, 0.3) is 5.91 Å².